The number of carboxylic acids is 1. The molecule has 0 bridgehead atoms. The predicted molar refractivity (Wildman–Crippen MR) is 156 cm³/mol. The number of benzene rings is 3. The number of nitrogens with zero attached hydrogens (tertiary/aromatic N) is 1. The highest BCUT2D eigenvalue weighted by Crippen LogP contribution is 2.40. The van der Waals surface area contributed by atoms with Crippen LogP contribution in [0, 0.1) is 0 Å². The van der Waals surface area contributed by atoms with Gasteiger partial charge in [-0.2, -0.15) is 0 Å². The third-order valence-corrected chi connectivity index (χ3v) is 6.70. The molecule has 3 aromatic rings. The number of ether oxygens (including phenoxy) is 6. The summed E-state index contributed by atoms with van der Waals surface area (Å²) in [6, 6.07) is 14.8. The Labute approximate surface area is 245 Å². The molecule has 0 spiro atoms. The number of carbonyl (C=O) groups is 2. The molecular formula is C32H35NO9. The van der Waals surface area contributed by atoms with Crippen molar-refractivity contribution in [2.24, 2.45) is 0 Å². The lowest BCUT2D eigenvalue weighted by molar-refractivity contribution is -0.130. The van der Waals surface area contributed by atoms with Gasteiger partial charge in [-0.05, 0) is 80.2 Å². The zero-order valence-electron chi connectivity index (χ0n) is 24.4. The van der Waals surface area contributed by atoms with Crippen molar-refractivity contribution >= 4 is 17.3 Å². The normalized spacial score (nSPS) is 12.5. The molecule has 1 aliphatic rings. The number of allylic oxidation sites excluding steroid dienone is 1. The van der Waals surface area contributed by atoms with Gasteiger partial charge in [-0.3, -0.25) is 4.79 Å². The third-order valence-electron chi connectivity index (χ3n) is 6.70. The maximum atomic E-state index is 14.0. The van der Waals surface area contributed by atoms with Gasteiger partial charge in [0.25, 0.3) is 0 Å². The first-order valence-electron chi connectivity index (χ1n) is 13.3. The van der Waals surface area contributed by atoms with E-state index in [0.29, 0.717) is 57.8 Å². The maximum Gasteiger partial charge on any atom is 0.336 e. The summed E-state index contributed by atoms with van der Waals surface area (Å²) in [4.78, 5) is 28.9. The first kappa shape index (κ1) is 30.3. The molecule has 3 aromatic carbocycles. The summed E-state index contributed by atoms with van der Waals surface area (Å²) in [5.41, 5.74) is 1.14. The van der Waals surface area contributed by atoms with Crippen LogP contribution in [-0.2, 0) is 11.2 Å². The minimum absolute atomic E-state index is 0.0324. The van der Waals surface area contributed by atoms with Gasteiger partial charge in [-0.1, -0.05) is 6.07 Å². The average Bonchev–Trinajstić information content (AvgIpc) is 3.46. The van der Waals surface area contributed by atoms with E-state index < -0.39 is 11.8 Å². The fourth-order valence-corrected chi connectivity index (χ4v) is 4.64. The van der Waals surface area contributed by atoms with E-state index in [0.717, 1.165) is 13.0 Å². The van der Waals surface area contributed by atoms with Gasteiger partial charge in [0.1, 0.15) is 5.75 Å². The number of carbonyl (C=O) groups excluding carboxylic acids is 1. The number of Topliss-reactive ketones (excluding diaryl/α,β-unsaturated/α-hetero) is 1. The molecule has 0 unspecified atom stereocenters. The Bertz CT molecular complexity index is 1460. The molecule has 0 atom stereocenters. The summed E-state index contributed by atoms with van der Waals surface area (Å²) in [5.74, 6) is 1.01. The van der Waals surface area contributed by atoms with Gasteiger partial charge < -0.3 is 38.4 Å². The Balaban J connectivity index is 1.83. The minimum Gasteiger partial charge on any atom is -0.497 e. The SMILES string of the molecule is COc1ccc(C(=O)C(Cc2cc(OC)c(OC)c(OCCCN(C)C)c2)=C(C(=O)O)c2ccc3c(c2)OCO3)cc1. The van der Waals surface area contributed by atoms with E-state index in [2.05, 4.69) is 4.90 Å². The van der Waals surface area contributed by atoms with E-state index in [9.17, 15) is 14.7 Å². The quantitative estimate of drug-likeness (QED) is 0.164. The summed E-state index contributed by atoms with van der Waals surface area (Å²) in [6.45, 7) is 1.29. The van der Waals surface area contributed by atoms with Crippen molar-refractivity contribution < 1.29 is 43.1 Å². The van der Waals surface area contributed by atoms with Crippen LogP contribution in [0.4, 0.5) is 0 Å². The van der Waals surface area contributed by atoms with Crippen molar-refractivity contribution in [3.63, 3.8) is 0 Å². The standard InChI is InChI=1S/C32H35NO9/c1-33(2)13-6-14-40-28-17-20(16-27(38-4)31(28)39-5)15-24(30(34)21-7-10-23(37-3)11-8-21)29(32(35)36)22-9-12-25-26(18-22)42-19-41-25/h7-12,16-18H,6,13-15,19H2,1-5H3,(H,35,36). The van der Waals surface area contributed by atoms with Gasteiger partial charge in [0.2, 0.25) is 12.5 Å². The fourth-order valence-electron chi connectivity index (χ4n) is 4.64. The summed E-state index contributed by atoms with van der Waals surface area (Å²) in [7, 11) is 8.52. The molecule has 0 radical (unpaired) electrons. The number of ketones is 1. The molecule has 222 valence electrons. The Hall–Kier alpha value is -4.70. The van der Waals surface area contributed by atoms with Gasteiger partial charge in [-0.15, -0.1) is 0 Å². The van der Waals surface area contributed by atoms with E-state index in [4.69, 9.17) is 28.4 Å². The number of hydrogen-bond acceptors (Lipinski definition) is 9. The first-order chi connectivity index (χ1) is 20.2. The molecule has 10 nitrogen and oxygen atoms in total. The fraction of sp³-hybridized carbons (Fsp3) is 0.312. The zero-order valence-corrected chi connectivity index (χ0v) is 24.4. The molecule has 0 fully saturated rings. The van der Waals surface area contributed by atoms with E-state index in [1.165, 1.54) is 21.3 Å². The molecule has 1 aliphatic heterocycles. The van der Waals surface area contributed by atoms with Crippen molar-refractivity contribution in [1.82, 2.24) is 4.90 Å². The van der Waals surface area contributed by atoms with Crippen LogP contribution in [0.1, 0.15) is 27.9 Å². The third kappa shape index (κ3) is 6.95. The molecule has 0 saturated carbocycles. The monoisotopic (exact) mass is 577 g/mol. The van der Waals surface area contributed by atoms with Crippen LogP contribution >= 0.6 is 0 Å². The lowest BCUT2D eigenvalue weighted by Crippen LogP contribution is -2.16. The second kappa shape index (κ2) is 13.8. The molecule has 0 saturated heterocycles. The van der Waals surface area contributed by atoms with Crippen LogP contribution in [0.5, 0.6) is 34.5 Å². The van der Waals surface area contributed by atoms with Crippen LogP contribution in [0.15, 0.2) is 60.2 Å². The number of aliphatic carboxylic acids is 1. The molecule has 10 heteroatoms. The highest BCUT2D eigenvalue weighted by molar-refractivity contribution is 6.26. The average molecular weight is 578 g/mol. The lowest BCUT2D eigenvalue weighted by Gasteiger charge is -2.18. The molecule has 0 amide bonds. The Morgan fingerprint density at radius 1 is 0.857 bits per heavy atom. The van der Waals surface area contributed by atoms with Crippen molar-refractivity contribution in [3.05, 3.63) is 76.9 Å². The first-order valence-corrected chi connectivity index (χ1v) is 13.3. The van der Waals surface area contributed by atoms with Gasteiger partial charge >= 0.3 is 5.97 Å². The molecule has 4 rings (SSSR count). The van der Waals surface area contributed by atoms with Crippen molar-refractivity contribution in [2.45, 2.75) is 12.8 Å². The summed E-state index contributed by atoms with van der Waals surface area (Å²) in [6.07, 6.45) is 0.742. The molecular weight excluding hydrogens is 542 g/mol. The largest absolute Gasteiger partial charge is 0.497 e. The van der Waals surface area contributed by atoms with E-state index >= 15 is 0 Å². The van der Waals surface area contributed by atoms with E-state index in [1.54, 1.807) is 54.6 Å². The number of hydrogen-bond donors (Lipinski definition) is 1. The van der Waals surface area contributed by atoms with Gasteiger partial charge in [0.15, 0.2) is 28.8 Å². The molecule has 0 aliphatic carbocycles. The highest BCUT2D eigenvalue weighted by Gasteiger charge is 2.27. The summed E-state index contributed by atoms with van der Waals surface area (Å²) >= 11 is 0. The second-order valence-corrected chi connectivity index (χ2v) is 9.80. The van der Waals surface area contributed by atoms with E-state index in [1.807, 2.05) is 14.1 Å². The van der Waals surface area contributed by atoms with Crippen LogP contribution in [0.3, 0.4) is 0 Å². The Morgan fingerprint density at radius 3 is 2.19 bits per heavy atom. The maximum absolute atomic E-state index is 14.0. The number of methoxy groups -OCH3 is 3. The summed E-state index contributed by atoms with van der Waals surface area (Å²) in [5, 5.41) is 10.5. The molecule has 1 N–H and O–H groups in total. The van der Waals surface area contributed by atoms with Gasteiger partial charge in [0, 0.05) is 24.1 Å². The second-order valence-electron chi connectivity index (χ2n) is 9.80. The van der Waals surface area contributed by atoms with E-state index in [-0.39, 0.29) is 24.4 Å². The van der Waals surface area contributed by atoms with Gasteiger partial charge in [0.05, 0.1) is 33.5 Å². The van der Waals surface area contributed by atoms with Crippen LogP contribution in [0.25, 0.3) is 5.57 Å². The van der Waals surface area contributed by atoms with Crippen LogP contribution in [0.2, 0.25) is 0 Å². The number of fused-ring (bicyclic) bond motifs is 1. The highest BCUT2D eigenvalue weighted by atomic mass is 16.7. The Morgan fingerprint density at radius 2 is 1.55 bits per heavy atom. The topological polar surface area (TPSA) is 113 Å². The molecule has 1 heterocycles. The van der Waals surface area contributed by atoms with Crippen LogP contribution in [-0.4, -0.2) is 77.1 Å². The van der Waals surface area contributed by atoms with Crippen molar-refractivity contribution in [3.8, 4) is 34.5 Å². The predicted octanol–water partition coefficient (Wildman–Crippen LogP) is 4.74. The number of carboxylic acid groups (broad SMARTS) is 1. The zero-order chi connectivity index (χ0) is 30.2. The molecule has 0 aromatic heterocycles. The van der Waals surface area contributed by atoms with Crippen LogP contribution < -0.4 is 28.4 Å². The molecule has 42 heavy (non-hydrogen) atoms. The van der Waals surface area contributed by atoms with Gasteiger partial charge in [-0.25, -0.2) is 4.79 Å². The van der Waals surface area contributed by atoms with Crippen molar-refractivity contribution in [2.75, 3.05) is 55.4 Å². The summed E-state index contributed by atoms with van der Waals surface area (Å²) < 4.78 is 33.3. The van der Waals surface area contributed by atoms with Crippen molar-refractivity contribution in [1.29, 1.82) is 0 Å². The lowest BCUT2D eigenvalue weighted by atomic mass is 9.89. The smallest absolute Gasteiger partial charge is 0.336 e. The number of rotatable bonds is 14. The Kier molecular flexibility index (Phi) is 9.93. The minimum atomic E-state index is -1.26.